The van der Waals surface area contributed by atoms with Gasteiger partial charge < -0.3 is 5.32 Å². The van der Waals surface area contributed by atoms with Crippen molar-refractivity contribution in [1.29, 1.82) is 0 Å². The fourth-order valence-electron chi connectivity index (χ4n) is 2.76. The predicted octanol–water partition coefficient (Wildman–Crippen LogP) is 4.35. The zero-order valence-electron chi connectivity index (χ0n) is 14.0. The molecule has 0 aliphatic rings. The van der Waals surface area contributed by atoms with E-state index in [0.29, 0.717) is 17.2 Å². The van der Waals surface area contributed by atoms with Crippen molar-refractivity contribution in [2.75, 3.05) is 12.4 Å². The van der Waals surface area contributed by atoms with E-state index < -0.39 is 0 Å². The number of nitrogens with one attached hydrogen (secondary N) is 1. The molecule has 0 radical (unpaired) electrons. The lowest BCUT2D eigenvalue weighted by Crippen LogP contribution is -2.00. The Morgan fingerprint density at radius 3 is 2.46 bits per heavy atom. The quantitative estimate of drug-likeness (QED) is 0.563. The van der Waals surface area contributed by atoms with Crippen LogP contribution in [-0.4, -0.2) is 27.0 Å². The third-order valence-corrected chi connectivity index (χ3v) is 4.06. The highest BCUT2D eigenvalue weighted by molar-refractivity contribution is 5.93. The van der Waals surface area contributed by atoms with Crippen LogP contribution in [0.25, 0.3) is 38.4 Å². The van der Waals surface area contributed by atoms with Gasteiger partial charge in [0.2, 0.25) is 0 Å². The van der Waals surface area contributed by atoms with Gasteiger partial charge in [-0.1, -0.05) is 30.3 Å². The molecule has 0 amide bonds. The van der Waals surface area contributed by atoms with Gasteiger partial charge in [0, 0.05) is 24.8 Å². The molecule has 0 bridgehead atoms. The highest BCUT2D eigenvalue weighted by Gasteiger charge is 2.11. The highest BCUT2D eigenvalue weighted by atomic mass is 15.0. The zero-order chi connectivity index (χ0) is 17.9. The van der Waals surface area contributed by atoms with Gasteiger partial charge in [-0.25, -0.2) is 19.8 Å². The van der Waals surface area contributed by atoms with E-state index in [1.54, 1.807) is 18.6 Å². The zero-order valence-corrected chi connectivity index (χ0v) is 14.0. The molecule has 6 nitrogen and oxygen atoms in total. The van der Waals surface area contributed by atoms with Crippen LogP contribution in [0.4, 0.5) is 11.5 Å². The van der Waals surface area contributed by atoms with E-state index in [4.69, 9.17) is 6.57 Å². The van der Waals surface area contributed by atoms with E-state index in [2.05, 4.69) is 30.1 Å². The number of benzene rings is 2. The number of nitrogens with zero attached hydrogens (tertiary/aromatic N) is 5. The molecule has 124 valence electrons. The number of aromatic nitrogens is 4. The van der Waals surface area contributed by atoms with Crippen LogP contribution in [0.15, 0.2) is 61.1 Å². The fraction of sp³-hybridized carbons (Fsp3) is 0.0500. The van der Waals surface area contributed by atoms with Gasteiger partial charge in [0.05, 0.1) is 18.3 Å². The van der Waals surface area contributed by atoms with Crippen molar-refractivity contribution in [3.63, 3.8) is 0 Å². The van der Waals surface area contributed by atoms with Gasteiger partial charge in [0.25, 0.3) is 0 Å². The van der Waals surface area contributed by atoms with Gasteiger partial charge in [-0.2, -0.15) is 0 Å². The molecule has 0 unspecified atom stereocenters. The number of hydrogen-bond donors (Lipinski definition) is 1. The van der Waals surface area contributed by atoms with Crippen LogP contribution in [0.5, 0.6) is 0 Å². The summed E-state index contributed by atoms with van der Waals surface area (Å²) in [4.78, 5) is 21.0. The van der Waals surface area contributed by atoms with Crippen molar-refractivity contribution in [2.45, 2.75) is 0 Å². The number of hydrogen-bond acceptors (Lipinski definition) is 5. The predicted molar refractivity (Wildman–Crippen MR) is 102 cm³/mol. The molecule has 26 heavy (non-hydrogen) atoms. The van der Waals surface area contributed by atoms with Crippen molar-refractivity contribution >= 4 is 22.4 Å². The summed E-state index contributed by atoms with van der Waals surface area (Å²) < 4.78 is 0. The minimum atomic E-state index is 0.524. The summed E-state index contributed by atoms with van der Waals surface area (Å²) in [6, 6.07) is 13.6. The van der Waals surface area contributed by atoms with Crippen LogP contribution in [0, 0.1) is 6.57 Å². The number of anilines is 1. The Hall–Kier alpha value is -3.85. The molecule has 0 saturated heterocycles. The molecule has 0 atom stereocenters. The molecular formula is C20H14N6. The summed E-state index contributed by atoms with van der Waals surface area (Å²) in [5, 5.41) is 4.05. The van der Waals surface area contributed by atoms with Crippen molar-refractivity contribution in [1.82, 2.24) is 19.9 Å². The first-order valence-corrected chi connectivity index (χ1v) is 8.02. The summed E-state index contributed by atoms with van der Waals surface area (Å²) >= 11 is 0. The van der Waals surface area contributed by atoms with Crippen LogP contribution in [0.3, 0.4) is 0 Å². The van der Waals surface area contributed by atoms with E-state index in [-0.39, 0.29) is 0 Å². The second-order valence-corrected chi connectivity index (χ2v) is 5.63. The average molecular weight is 338 g/mol. The van der Waals surface area contributed by atoms with Crippen molar-refractivity contribution < 1.29 is 0 Å². The third-order valence-electron chi connectivity index (χ3n) is 4.06. The monoisotopic (exact) mass is 338 g/mol. The summed E-state index contributed by atoms with van der Waals surface area (Å²) in [6.07, 6.45) is 4.89. The lowest BCUT2D eigenvalue weighted by Gasteiger charge is -2.09. The summed E-state index contributed by atoms with van der Waals surface area (Å²) in [5.41, 5.74) is 4.12. The Balaban J connectivity index is 1.87. The van der Waals surface area contributed by atoms with E-state index >= 15 is 0 Å². The average Bonchev–Trinajstić information content (AvgIpc) is 2.73. The number of fused-ring (bicyclic) bond motifs is 1. The Labute approximate surface area is 150 Å². The van der Waals surface area contributed by atoms with E-state index in [1.807, 2.05) is 49.5 Å². The fourth-order valence-corrected chi connectivity index (χ4v) is 2.76. The van der Waals surface area contributed by atoms with Crippen molar-refractivity contribution in [3.05, 3.63) is 72.5 Å². The lowest BCUT2D eigenvalue weighted by molar-refractivity contribution is 1.13. The molecule has 4 aromatic rings. The Bertz CT molecular complexity index is 1110. The summed E-state index contributed by atoms with van der Waals surface area (Å²) in [5.74, 6) is 1.26. The molecule has 2 aromatic carbocycles. The van der Waals surface area contributed by atoms with Crippen LogP contribution in [-0.2, 0) is 0 Å². The molecule has 2 heterocycles. The van der Waals surface area contributed by atoms with Crippen LogP contribution in [0.2, 0.25) is 0 Å². The van der Waals surface area contributed by atoms with Gasteiger partial charge in [0.15, 0.2) is 11.5 Å². The van der Waals surface area contributed by atoms with Gasteiger partial charge in [-0.15, -0.1) is 0 Å². The smallest absolute Gasteiger partial charge is 0.187 e. The maximum absolute atomic E-state index is 7.07. The minimum Gasteiger partial charge on any atom is -0.373 e. The first kappa shape index (κ1) is 15.7. The van der Waals surface area contributed by atoms with Gasteiger partial charge in [0.1, 0.15) is 11.5 Å². The molecule has 6 heteroatoms. The molecule has 1 N–H and O–H groups in total. The summed E-state index contributed by atoms with van der Waals surface area (Å²) in [6.45, 7) is 7.07. The first-order valence-electron chi connectivity index (χ1n) is 8.02. The first-order chi connectivity index (χ1) is 12.8. The van der Waals surface area contributed by atoms with Gasteiger partial charge in [-0.05, 0) is 23.3 Å². The largest absolute Gasteiger partial charge is 0.373 e. The highest BCUT2D eigenvalue weighted by Crippen LogP contribution is 2.29. The van der Waals surface area contributed by atoms with E-state index in [0.717, 1.165) is 27.8 Å². The molecular weight excluding hydrogens is 324 g/mol. The minimum absolute atomic E-state index is 0.524. The Morgan fingerprint density at radius 1 is 0.962 bits per heavy atom. The van der Waals surface area contributed by atoms with Crippen molar-refractivity contribution in [2.24, 2.45) is 0 Å². The molecule has 0 fully saturated rings. The van der Waals surface area contributed by atoms with Gasteiger partial charge >= 0.3 is 0 Å². The molecule has 4 rings (SSSR count). The second-order valence-electron chi connectivity index (χ2n) is 5.63. The normalized spacial score (nSPS) is 10.5. The molecule has 0 spiro atoms. The van der Waals surface area contributed by atoms with Crippen LogP contribution < -0.4 is 5.32 Å². The SMILES string of the molecule is [C-]#[N+]c1ccc(-c2ccc3c(NC)nc(-c4cnccn4)nc3c2)cc1. The van der Waals surface area contributed by atoms with E-state index in [1.165, 1.54) is 0 Å². The molecule has 0 aliphatic carbocycles. The summed E-state index contributed by atoms with van der Waals surface area (Å²) in [7, 11) is 1.83. The number of rotatable bonds is 3. The molecule has 0 saturated carbocycles. The van der Waals surface area contributed by atoms with Gasteiger partial charge in [-0.3, -0.25) is 4.98 Å². The van der Waals surface area contributed by atoms with Crippen LogP contribution in [0.1, 0.15) is 0 Å². The standard InChI is InChI=1S/C20H14N6/c1-21-15-6-3-13(4-7-15)14-5-8-16-17(11-14)25-20(26-19(16)22-2)18-12-23-9-10-24-18/h3-12H,2H3,(H,22,25,26). The lowest BCUT2D eigenvalue weighted by atomic mass is 10.0. The molecule has 0 aliphatic heterocycles. The topological polar surface area (TPSA) is 68.0 Å². The second kappa shape index (κ2) is 6.57. The Morgan fingerprint density at radius 2 is 1.77 bits per heavy atom. The van der Waals surface area contributed by atoms with Crippen LogP contribution >= 0.6 is 0 Å². The van der Waals surface area contributed by atoms with Crippen molar-refractivity contribution in [3.8, 4) is 22.6 Å². The maximum Gasteiger partial charge on any atom is 0.187 e. The molecule has 2 aromatic heterocycles. The van der Waals surface area contributed by atoms with E-state index in [9.17, 15) is 0 Å². The third kappa shape index (κ3) is 2.82. The Kier molecular flexibility index (Phi) is 3.96. The maximum atomic E-state index is 7.07.